The van der Waals surface area contributed by atoms with Gasteiger partial charge in [-0.05, 0) is 5.56 Å². The van der Waals surface area contributed by atoms with Crippen molar-refractivity contribution >= 4 is 23.1 Å². The number of primary amides is 1. The molecule has 136 valence electrons. The lowest BCUT2D eigenvalue weighted by Gasteiger charge is -2.12. The van der Waals surface area contributed by atoms with Crippen molar-refractivity contribution < 1.29 is 4.79 Å². The van der Waals surface area contributed by atoms with E-state index in [1.807, 2.05) is 38.1 Å². The lowest BCUT2D eigenvalue weighted by Crippen LogP contribution is -2.17. The van der Waals surface area contributed by atoms with Gasteiger partial charge < -0.3 is 16.4 Å². The highest BCUT2D eigenvalue weighted by Crippen LogP contribution is 2.22. The molecule has 0 radical (unpaired) electrons. The topological polar surface area (TPSA) is 110 Å². The molecule has 0 aliphatic carbocycles. The zero-order valence-electron chi connectivity index (χ0n) is 14.9. The highest BCUT2D eigenvalue weighted by Gasteiger charge is 2.15. The van der Waals surface area contributed by atoms with Crippen LogP contribution in [0.1, 0.15) is 37.6 Å². The third kappa shape index (κ3) is 4.08. The fraction of sp³-hybridized carbons (Fsp3) is 0.333. The number of rotatable bonds is 8. The van der Waals surface area contributed by atoms with Crippen LogP contribution in [0.25, 0.3) is 5.65 Å². The van der Waals surface area contributed by atoms with Gasteiger partial charge >= 0.3 is 0 Å². The molecule has 8 heteroatoms. The van der Waals surface area contributed by atoms with Crippen LogP contribution in [-0.2, 0) is 11.3 Å². The number of fused-ring (bicyclic) bond motifs is 1. The highest BCUT2D eigenvalue weighted by molar-refractivity contribution is 5.74. The standard InChI is InChI=1S/C18H23N7O/c1-12(2)17-22-23-18-14(21-11-13-6-4-3-5-7-13)10-16(24-25(17)18)20-9-8-15(19)26/h3-7,10,12,21H,8-9,11H2,1-2H3,(H2,19,26)(H,20,24). The summed E-state index contributed by atoms with van der Waals surface area (Å²) in [6.07, 6.45) is 0.242. The van der Waals surface area contributed by atoms with Gasteiger partial charge in [0.1, 0.15) is 5.82 Å². The summed E-state index contributed by atoms with van der Waals surface area (Å²) in [5.41, 5.74) is 7.86. The van der Waals surface area contributed by atoms with Gasteiger partial charge in [-0.1, -0.05) is 44.2 Å². The van der Waals surface area contributed by atoms with Crippen molar-refractivity contribution in [3.63, 3.8) is 0 Å². The van der Waals surface area contributed by atoms with Gasteiger partial charge in [0.25, 0.3) is 0 Å². The average molecular weight is 353 g/mol. The number of aromatic nitrogens is 4. The second kappa shape index (κ2) is 7.81. The number of nitrogens with zero attached hydrogens (tertiary/aromatic N) is 4. The van der Waals surface area contributed by atoms with E-state index in [0.29, 0.717) is 24.6 Å². The zero-order valence-corrected chi connectivity index (χ0v) is 14.9. The fourth-order valence-electron chi connectivity index (χ4n) is 2.58. The second-order valence-corrected chi connectivity index (χ2v) is 6.37. The summed E-state index contributed by atoms with van der Waals surface area (Å²) in [5, 5.41) is 19.6. The third-order valence-electron chi connectivity index (χ3n) is 3.91. The summed E-state index contributed by atoms with van der Waals surface area (Å²) in [7, 11) is 0. The van der Waals surface area contributed by atoms with Crippen molar-refractivity contribution in [1.82, 2.24) is 19.8 Å². The molecule has 0 bridgehead atoms. The SMILES string of the molecule is CC(C)c1nnc2c(NCc3ccccc3)cc(NCCC(N)=O)nn12. The summed E-state index contributed by atoms with van der Waals surface area (Å²) in [5.74, 6) is 1.24. The smallest absolute Gasteiger partial charge is 0.219 e. The van der Waals surface area contributed by atoms with Crippen LogP contribution in [0.2, 0.25) is 0 Å². The number of carbonyl (C=O) groups is 1. The van der Waals surface area contributed by atoms with Gasteiger partial charge in [-0.3, -0.25) is 4.79 Å². The molecule has 1 aromatic carbocycles. The van der Waals surface area contributed by atoms with Gasteiger partial charge in [-0.15, -0.1) is 15.3 Å². The Bertz CT molecular complexity index is 889. The minimum absolute atomic E-state index is 0.181. The summed E-state index contributed by atoms with van der Waals surface area (Å²) >= 11 is 0. The van der Waals surface area contributed by atoms with Crippen LogP contribution < -0.4 is 16.4 Å². The minimum Gasteiger partial charge on any atom is -0.378 e. The van der Waals surface area contributed by atoms with Gasteiger partial charge in [0.05, 0.1) is 5.69 Å². The van der Waals surface area contributed by atoms with E-state index >= 15 is 0 Å². The summed E-state index contributed by atoms with van der Waals surface area (Å²) < 4.78 is 1.74. The molecular formula is C18H23N7O. The maximum atomic E-state index is 11.0. The van der Waals surface area contributed by atoms with Gasteiger partial charge in [-0.25, -0.2) is 0 Å². The van der Waals surface area contributed by atoms with E-state index in [9.17, 15) is 4.79 Å². The molecule has 0 atom stereocenters. The van der Waals surface area contributed by atoms with Gasteiger partial charge in [0.2, 0.25) is 11.6 Å². The second-order valence-electron chi connectivity index (χ2n) is 6.37. The van der Waals surface area contributed by atoms with Crippen LogP contribution in [0, 0.1) is 0 Å². The molecule has 1 amide bonds. The molecule has 8 nitrogen and oxygen atoms in total. The first-order valence-corrected chi connectivity index (χ1v) is 8.61. The van der Waals surface area contributed by atoms with E-state index in [0.717, 1.165) is 17.1 Å². The first-order valence-electron chi connectivity index (χ1n) is 8.61. The van der Waals surface area contributed by atoms with E-state index < -0.39 is 0 Å². The molecule has 0 fully saturated rings. The van der Waals surface area contributed by atoms with E-state index in [-0.39, 0.29) is 18.2 Å². The summed E-state index contributed by atoms with van der Waals surface area (Å²) in [4.78, 5) is 11.0. The Morgan fingerprint density at radius 2 is 1.96 bits per heavy atom. The number of hydrogen-bond donors (Lipinski definition) is 3. The number of anilines is 2. The molecule has 3 rings (SSSR count). The largest absolute Gasteiger partial charge is 0.378 e. The molecule has 0 unspecified atom stereocenters. The number of benzene rings is 1. The van der Waals surface area contributed by atoms with E-state index in [1.165, 1.54) is 0 Å². The predicted octanol–water partition coefficient (Wildman–Crippen LogP) is 2.15. The predicted molar refractivity (Wildman–Crippen MR) is 101 cm³/mol. The Balaban J connectivity index is 1.89. The quantitative estimate of drug-likeness (QED) is 0.572. The zero-order chi connectivity index (χ0) is 18.5. The van der Waals surface area contributed by atoms with E-state index in [4.69, 9.17) is 5.73 Å². The van der Waals surface area contributed by atoms with Crippen LogP contribution in [0.15, 0.2) is 36.4 Å². The molecular weight excluding hydrogens is 330 g/mol. The van der Waals surface area contributed by atoms with Crippen molar-refractivity contribution in [2.24, 2.45) is 5.73 Å². The molecule has 0 saturated heterocycles. The van der Waals surface area contributed by atoms with E-state index in [2.05, 4.69) is 38.1 Å². The Morgan fingerprint density at radius 1 is 1.19 bits per heavy atom. The number of carbonyl (C=O) groups excluding carboxylic acids is 1. The van der Waals surface area contributed by atoms with Crippen molar-refractivity contribution in [2.75, 3.05) is 17.2 Å². The van der Waals surface area contributed by atoms with Crippen molar-refractivity contribution in [1.29, 1.82) is 0 Å². The van der Waals surface area contributed by atoms with E-state index in [1.54, 1.807) is 4.52 Å². The van der Waals surface area contributed by atoms with Crippen LogP contribution in [0.5, 0.6) is 0 Å². The lowest BCUT2D eigenvalue weighted by molar-refractivity contribution is -0.117. The molecule has 2 aromatic heterocycles. The molecule has 2 heterocycles. The molecule has 3 aromatic rings. The molecule has 0 aliphatic rings. The van der Waals surface area contributed by atoms with Crippen molar-refractivity contribution in [3.05, 3.63) is 47.8 Å². The fourth-order valence-corrected chi connectivity index (χ4v) is 2.58. The molecule has 26 heavy (non-hydrogen) atoms. The first-order chi connectivity index (χ1) is 12.5. The Morgan fingerprint density at radius 3 is 2.65 bits per heavy atom. The summed E-state index contributed by atoms with van der Waals surface area (Å²) in [6.45, 7) is 5.17. The highest BCUT2D eigenvalue weighted by atomic mass is 16.1. The Labute approximate surface area is 151 Å². The Hall–Kier alpha value is -3.16. The van der Waals surface area contributed by atoms with Crippen LogP contribution in [0.4, 0.5) is 11.5 Å². The monoisotopic (exact) mass is 353 g/mol. The number of hydrogen-bond acceptors (Lipinski definition) is 6. The number of amides is 1. The lowest BCUT2D eigenvalue weighted by atomic mass is 10.2. The molecule has 4 N–H and O–H groups in total. The number of nitrogens with one attached hydrogen (secondary N) is 2. The molecule has 0 saturated carbocycles. The van der Waals surface area contributed by atoms with Crippen molar-refractivity contribution in [3.8, 4) is 0 Å². The molecule has 0 spiro atoms. The Kier molecular flexibility index (Phi) is 5.31. The van der Waals surface area contributed by atoms with Gasteiger partial charge in [0.15, 0.2) is 5.82 Å². The normalized spacial score (nSPS) is 11.0. The van der Waals surface area contributed by atoms with Gasteiger partial charge in [0, 0.05) is 31.5 Å². The third-order valence-corrected chi connectivity index (χ3v) is 3.91. The van der Waals surface area contributed by atoms with Gasteiger partial charge in [-0.2, -0.15) is 4.52 Å². The van der Waals surface area contributed by atoms with Crippen LogP contribution in [0.3, 0.4) is 0 Å². The average Bonchev–Trinajstić information content (AvgIpc) is 3.04. The minimum atomic E-state index is -0.354. The summed E-state index contributed by atoms with van der Waals surface area (Å²) in [6, 6.07) is 12.0. The number of nitrogens with two attached hydrogens (primary N) is 1. The van der Waals surface area contributed by atoms with Crippen molar-refractivity contribution in [2.45, 2.75) is 32.7 Å². The first kappa shape index (κ1) is 17.7. The molecule has 0 aliphatic heterocycles. The van der Waals surface area contributed by atoms with Crippen LogP contribution in [-0.4, -0.2) is 32.3 Å². The maximum absolute atomic E-state index is 11.0. The maximum Gasteiger partial charge on any atom is 0.219 e. The van der Waals surface area contributed by atoms with Crippen LogP contribution >= 0.6 is 0 Å².